The van der Waals surface area contributed by atoms with Gasteiger partial charge in [-0.15, -0.1) is 0 Å². The van der Waals surface area contributed by atoms with Crippen molar-refractivity contribution in [2.45, 2.75) is 24.8 Å². The summed E-state index contributed by atoms with van der Waals surface area (Å²) in [5.41, 5.74) is 0.848. The van der Waals surface area contributed by atoms with Gasteiger partial charge < -0.3 is 14.5 Å². The van der Waals surface area contributed by atoms with E-state index in [1.807, 2.05) is 6.92 Å². The van der Waals surface area contributed by atoms with Gasteiger partial charge in [-0.05, 0) is 61.0 Å². The summed E-state index contributed by atoms with van der Waals surface area (Å²) in [6.07, 6.45) is 2.30. The molecule has 0 aliphatic carbocycles. The number of sulfonamides is 1. The molecule has 0 unspecified atom stereocenters. The number of halogens is 1. The van der Waals surface area contributed by atoms with Gasteiger partial charge in [0.1, 0.15) is 11.5 Å². The summed E-state index contributed by atoms with van der Waals surface area (Å²) in [6.45, 7) is 2.54. The monoisotopic (exact) mass is 492 g/mol. The third-order valence-electron chi connectivity index (χ3n) is 4.09. The van der Waals surface area contributed by atoms with E-state index in [0.29, 0.717) is 29.4 Å². The van der Waals surface area contributed by atoms with Crippen molar-refractivity contribution in [2.75, 3.05) is 11.9 Å². The Bertz CT molecular complexity index is 1100. The van der Waals surface area contributed by atoms with Gasteiger partial charge in [0, 0.05) is 10.2 Å². The fourth-order valence-corrected chi connectivity index (χ4v) is 3.95. The highest BCUT2D eigenvalue weighted by Crippen LogP contribution is 2.25. The normalized spacial score (nSPS) is 11.3. The van der Waals surface area contributed by atoms with Gasteiger partial charge in [-0.25, -0.2) is 13.1 Å². The van der Waals surface area contributed by atoms with E-state index in [-0.39, 0.29) is 17.3 Å². The average molecular weight is 493 g/mol. The SMILES string of the molecule is CCCOc1ccc(Br)cc1C(=O)Nc1ccc(S(=O)(=O)NCc2ccco2)cc1. The van der Waals surface area contributed by atoms with Crippen LogP contribution in [-0.2, 0) is 16.6 Å². The smallest absolute Gasteiger partial charge is 0.259 e. The lowest BCUT2D eigenvalue weighted by atomic mass is 10.2. The number of hydrogen-bond donors (Lipinski definition) is 2. The number of rotatable bonds is 9. The zero-order chi connectivity index (χ0) is 21.6. The van der Waals surface area contributed by atoms with Crippen LogP contribution in [0.5, 0.6) is 5.75 Å². The Morgan fingerprint density at radius 2 is 1.90 bits per heavy atom. The van der Waals surface area contributed by atoms with Crippen LogP contribution in [0.2, 0.25) is 0 Å². The van der Waals surface area contributed by atoms with Gasteiger partial charge in [0.25, 0.3) is 5.91 Å². The molecule has 0 atom stereocenters. The van der Waals surface area contributed by atoms with Crippen molar-refractivity contribution in [1.82, 2.24) is 4.72 Å². The topological polar surface area (TPSA) is 97.6 Å². The Balaban J connectivity index is 1.69. The van der Waals surface area contributed by atoms with Crippen molar-refractivity contribution < 1.29 is 22.4 Å². The molecule has 0 aliphatic rings. The first-order chi connectivity index (χ1) is 14.4. The zero-order valence-corrected chi connectivity index (χ0v) is 18.6. The molecular formula is C21H21BrN2O5S. The summed E-state index contributed by atoms with van der Waals surface area (Å²) in [4.78, 5) is 12.8. The van der Waals surface area contributed by atoms with Crippen molar-refractivity contribution in [3.8, 4) is 5.75 Å². The second-order valence-electron chi connectivity index (χ2n) is 6.37. The lowest BCUT2D eigenvalue weighted by Gasteiger charge is -2.12. The summed E-state index contributed by atoms with van der Waals surface area (Å²) in [5, 5.41) is 2.77. The van der Waals surface area contributed by atoms with E-state index < -0.39 is 10.0 Å². The molecule has 2 aromatic carbocycles. The molecule has 0 spiro atoms. The Kier molecular flexibility index (Phi) is 7.30. The molecule has 0 radical (unpaired) electrons. The van der Waals surface area contributed by atoms with Crippen molar-refractivity contribution in [3.05, 3.63) is 76.7 Å². The van der Waals surface area contributed by atoms with E-state index in [4.69, 9.17) is 9.15 Å². The number of carbonyl (C=O) groups is 1. The van der Waals surface area contributed by atoms with Gasteiger partial charge >= 0.3 is 0 Å². The van der Waals surface area contributed by atoms with Crippen LogP contribution in [0.15, 0.2) is 74.6 Å². The molecule has 3 aromatic rings. The van der Waals surface area contributed by atoms with Gasteiger partial charge in [0.05, 0.1) is 29.9 Å². The molecule has 7 nitrogen and oxygen atoms in total. The fourth-order valence-electron chi connectivity index (χ4n) is 2.60. The second-order valence-corrected chi connectivity index (χ2v) is 9.05. The molecule has 1 amide bonds. The van der Waals surface area contributed by atoms with Crippen LogP contribution in [0.25, 0.3) is 0 Å². The number of furan rings is 1. The molecule has 1 heterocycles. The van der Waals surface area contributed by atoms with E-state index in [9.17, 15) is 13.2 Å². The summed E-state index contributed by atoms with van der Waals surface area (Å²) in [5.74, 6) is 0.644. The fraction of sp³-hybridized carbons (Fsp3) is 0.190. The number of nitrogens with one attached hydrogen (secondary N) is 2. The molecular weight excluding hydrogens is 472 g/mol. The molecule has 0 saturated carbocycles. The maximum atomic E-state index is 12.7. The van der Waals surface area contributed by atoms with Crippen LogP contribution in [0.1, 0.15) is 29.5 Å². The Hall–Kier alpha value is -2.62. The van der Waals surface area contributed by atoms with E-state index in [1.165, 1.54) is 30.5 Å². The lowest BCUT2D eigenvalue weighted by molar-refractivity contribution is 0.102. The molecule has 3 rings (SSSR count). The number of hydrogen-bond acceptors (Lipinski definition) is 5. The minimum atomic E-state index is -3.71. The molecule has 0 aliphatic heterocycles. The zero-order valence-electron chi connectivity index (χ0n) is 16.2. The van der Waals surface area contributed by atoms with Gasteiger partial charge in [-0.3, -0.25) is 4.79 Å². The maximum Gasteiger partial charge on any atom is 0.259 e. The van der Waals surface area contributed by atoms with E-state index >= 15 is 0 Å². The quantitative estimate of drug-likeness (QED) is 0.456. The highest BCUT2D eigenvalue weighted by atomic mass is 79.9. The lowest BCUT2D eigenvalue weighted by Crippen LogP contribution is -2.23. The average Bonchev–Trinajstić information content (AvgIpc) is 3.25. The first kappa shape index (κ1) is 22.1. The Morgan fingerprint density at radius 3 is 2.57 bits per heavy atom. The number of amides is 1. The number of anilines is 1. The van der Waals surface area contributed by atoms with Gasteiger partial charge in [-0.1, -0.05) is 22.9 Å². The largest absolute Gasteiger partial charge is 0.493 e. The van der Waals surface area contributed by atoms with Gasteiger partial charge in [-0.2, -0.15) is 0 Å². The highest BCUT2D eigenvalue weighted by Gasteiger charge is 2.16. The van der Waals surface area contributed by atoms with Crippen LogP contribution >= 0.6 is 15.9 Å². The van der Waals surface area contributed by atoms with Crippen LogP contribution < -0.4 is 14.8 Å². The summed E-state index contributed by atoms with van der Waals surface area (Å²) < 4.78 is 38.8. The third kappa shape index (κ3) is 5.71. The molecule has 9 heteroatoms. The Labute approximate surface area is 183 Å². The van der Waals surface area contributed by atoms with E-state index in [0.717, 1.165) is 10.9 Å². The molecule has 158 valence electrons. The highest BCUT2D eigenvalue weighted by molar-refractivity contribution is 9.10. The van der Waals surface area contributed by atoms with Gasteiger partial charge in [0.15, 0.2) is 0 Å². The van der Waals surface area contributed by atoms with E-state index in [1.54, 1.807) is 30.3 Å². The van der Waals surface area contributed by atoms with Crippen LogP contribution in [0.4, 0.5) is 5.69 Å². The number of ether oxygens (including phenoxy) is 1. The summed E-state index contributed by atoms with van der Waals surface area (Å²) in [6, 6.07) is 14.5. The minimum Gasteiger partial charge on any atom is -0.493 e. The predicted molar refractivity (Wildman–Crippen MR) is 117 cm³/mol. The van der Waals surface area contributed by atoms with Crippen molar-refractivity contribution in [2.24, 2.45) is 0 Å². The summed E-state index contributed by atoms with van der Waals surface area (Å²) >= 11 is 3.36. The van der Waals surface area contributed by atoms with Crippen molar-refractivity contribution in [1.29, 1.82) is 0 Å². The van der Waals surface area contributed by atoms with Crippen molar-refractivity contribution >= 4 is 37.5 Å². The number of carbonyl (C=O) groups excluding carboxylic acids is 1. The Morgan fingerprint density at radius 1 is 1.13 bits per heavy atom. The van der Waals surface area contributed by atoms with Crippen LogP contribution in [-0.4, -0.2) is 20.9 Å². The minimum absolute atomic E-state index is 0.0528. The molecule has 30 heavy (non-hydrogen) atoms. The molecule has 0 fully saturated rings. The standard InChI is InChI=1S/C21H21BrN2O5S/c1-2-11-29-20-10-5-15(22)13-19(20)21(25)24-16-6-8-18(9-7-16)30(26,27)23-14-17-4-3-12-28-17/h3-10,12-13,23H,2,11,14H2,1H3,(H,24,25). The first-order valence-corrected chi connectivity index (χ1v) is 11.5. The first-order valence-electron chi connectivity index (χ1n) is 9.25. The van der Waals surface area contributed by atoms with E-state index in [2.05, 4.69) is 26.0 Å². The van der Waals surface area contributed by atoms with Crippen LogP contribution in [0.3, 0.4) is 0 Å². The van der Waals surface area contributed by atoms with Crippen molar-refractivity contribution in [3.63, 3.8) is 0 Å². The predicted octanol–water partition coefficient (Wildman–Crippen LogP) is 4.56. The molecule has 0 saturated heterocycles. The number of benzene rings is 2. The third-order valence-corrected chi connectivity index (χ3v) is 6.00. The summed E-state index contributed by atoms with van der Waals surface area (Å²) in [7, 11) is -3.71. The maximum absolute atomic E-state index is 12.7. The molecule has 1 aromatic heterocycles. The van der Waals surface area contributed by atoms with Gasteiger partial charge in [0.2, 0.25) is 10.0 Å². The molecule has 2 N–H and O–H groups in total. The van der Waals surface area contributed by atoms with Crippen LogP contribution in [0, 0.1) is 0 Å². The molecule has 0 bridgehead atoms. The second kappa shape index (κ2) is 9.92.